The van der Waals surface area contributed by atoms with Crippen molar-refractivity contribution in [2.45, 2.75) is 19.9 Å². The molecule has 0 aliphatic carbocycles. The summed E-state index contributed by atoms with van der Waals surface area (Å²) >= 11 is 0. The predicted octanol–water partition coefficient (Wildman–Crippen LogP) is 0.296. The summed E-state index contributed by atoms with van der Waals surface area (Å²) in [5.74, 6) is 0.532. The van der Waals surface area contributed by atoms with Crippen LogP contribution in [0.15, 0.2) is 9.32 Å². The first-order valence-electron chi connectivity index (χ1n) is 3.06. The van der Waals surface area contributed by atoms with Crippen LogP contribution >= 0.6 is 0 Å². The van der Waals surface area contributed by atoms with Crippen LogP contribution in [0.5, 0.6) is 0 Å². The van der Waals surface area contributed by atoms with Crippen molar-refractivity contribution in [2.24, 2.45) is 5.73 Å². The highest BCUT2D eigenvalue weighted by Crippen LogP contribution is 2.09. The average molecular weight is 142 g/mol. The van der Waals surface area contributed by atoms with Crippen LogP contribution in [0.1, 0.15) is 24.3 Å². The number of hydrogen-bond donors (Lipinski definition) is 2. The van der Waals surface area contributed by atoms with Crippen molar-refractivity contribution in [1.82, 2.24) is 5.16 Å². The lowest BCUT2D eigenvalue weighted by Crippen LogP contribution is -2.08. The number of aromatic amines is 1. The number of nitrogens with one attached hydrogen (secondary N) is 1. The van der Waals surface area contributed by atoms with Crippen LogP contribution in [-0.4, -0.2) is 5.16 Å². The first kappa shape index (κ1) is 7.08. The molecule has 10 heavy (non-hydrogen) atoms. The molecule has 0 aliphatic rings. The fourth-order valence-corrected chi connectivity index (χ4v) is 0.801. The van der Waals surface area contributed by atoms with Crippen LogP contribution in [0.3, 0.4) is 0 Å². The van der Waals surface area contributed by atoms with Gasteiger partial charge in [0, 0.05) is 0 Å². The van der Waals surface area contributed by atoms with E-state index in [4.69, 9.17) is 10.3 Å². The zero-order chi connectivity index (χ0) is 7.72. The molecule has 1 aromatic heterocycles. The molecule has 0 radical (unpaired) electrons. The Balaban J connectivity index is 3.18. The van der Waals surface area contributed by atoms with E-state index in [9.17, 15) is 4.79 Å². The maximum atomic E-state index is 10.7. The normalized spacial score (nSPS) is 13.5. The monoisotopic (exact) mass is 142 g/mol. The summed E-state index contributed by atoms with van der Waals surface area (Å²) in [5, 5.41) is 2.21. The molecule has 0 spiro atoms. The van der Waals surface area contributed by atoms with E-state index < -0.39 is 0 Å². The summed E-state index contributed by atoms with van der Waals surface area (Å²) in [6.07, 6.45) is 0. The fourth-order valence-electron chi connectivity index (χ4n) is 0.801. The molecule has 1 atom stereocenters. The zero-order valence-corrected chi connectivity index (χ0v) is 5.97. The van der Waals surface area contributed by atoms with E-state index >= 15 is 0 Å². The summed E-state index contributed by atoms with van der Waals surface area (Å²) in [6.45, 7) is 3.44. The van der Waals surface area contributed by atoms with Gasteiger partial charge in [-0.2, -0.15) is 5.16 Å². The van der Waals surface area contributed by atoms with E-state index in [-0.39, 0.29) is 11.6 Å². The topological polar surface area (TPSA) is 72.0 Å². The van der Waals surface area contributed by atoms with Gasteiger partial charge in [-0.1, -0.05) is 0 Å². The van der Waals surface area contributed by atoms with Gasteiger partial charge in [0.1, 0.15) is 0 Å². The molecule has 0 bridgehead atoms. The minimum Gasteiger partial charge on any atom is -0.382 e. The second-order valence-electron chi connectivity index (χ2n) is 2.31. The maximum absolute atomic E-state index is 10.7. The highest BCUT2D eigenvalue weighted by Gasteiger charge is 2.10. The van der Waals surface area contributed by atoms with Crippen molar-refractivity contribution in [3.8, 4) is 0 Å². The number of hydrogen-bond acceptors (Lipinski definition) is 3. The summed E-state index contributed by atoms with van der Waals surface area (Å²) in [6, 6.07) is -0.223. The third-order valence-corrected chi connectivity index (χ3v) is 1.38. The predicted molar refractivity (Wildman–Crippen MR) is 36.7 cm³/mol. The molecule has 0 saturated carbocycles. The molecule has 1 rings (SSSR count). The third-order valence-electron chi connectivity index (χ3n) is 1.38. The van der Waals surface area contributed by atoms with E-state index in [1.165, 1.54) is 0 Å². The van der Waals surface area contributed by atoms with Crippen LogP contribution in [0.25, 0.3) is 0 Å². The van der Waals surface area contributed by atoms with Gasteiger partial charge in [0.15, 0.2) is 5.76 Å². The molecule has 0 aliphatic heterocycles. The molecule has 56 valence electrons. The smallest absolute Gasteiger partial charge is 0.283 e. The lowest BCUT2D eigenvalue weighted by molar-refractivity contribution is 0.362. The van der Waals surface area contributed by atoms with Crippen LogP contribution in [0.4, 0.5) is 0 Å². The van der Waals surface area contributed by atoms with Crippen LogP contribution in [0.2, 0.25) is 0 Å². The molecular weight excluding hydrogens is 132 g/mol. The SMILES string of the molecule is Cc1c([C@@H](C)N)o[nH]c1=O. The summed E-state index contributed by atoms with van der Waals surface area (Å²) in [4.78, 5) is 10.7. The van der Waals surface area contributed by atoms with E-state index in [1.54, 1.807) is 13.8 Å². The van der Waals surface area contributed by atoms with Gasteiger partial charge in [-0.3, -0.25) is 4.79 Å². The van der Waals surface area contributed by atoms with Gasteiger partial charge in [-0.15, -0.1) is 0 Å². The second kappa shape index (κ2) is 2.30. The molecule has 0 fully saturated rings. The molecular formula is C6H10N2O2. The first-order chi connectivity index (χ1) is 4.63. The maximum Gasteiger partial charge on any atom is 0.283 e. The third kappa shape index (κ3) is 0.974. The van der Waals surface area contributed by atoms with Gasteiger partial charge in [0.2, 0.25) is 0 Å². The Bertz CT molecular complexity index is 272. The highest BCUT2D eigenvalue weighted by atomic mass is 16.5. The van der Waals surface area contributed by atoms with Gasteiger partial charge < -0.3 is 10.3 Å². The first-order valence-corrected chi connectivity index (χ1v) is 3.06. The van der Waals surface area contributed by atoms with Crippen molar-refractivity contribution >= 4 is 0 Å². The largest absolute Gasteiger partial charge is 0.382 e. The van der Waals surface area contributed by atoms with Gasteiger partial charge in [-0.05, 0) is 13.8 Å². The van der Waals surface area contributed by atoms with Gasteiger partial charge in [-0.25, -0.2) is 0 Å². The standard InChI is InChI=1S/C6H10N2O2/c1-3-5(4(2)7)10-8-6(3)9/h4H,7H2,1-2H3,(H,8,9)/t4-/m1/s1. The summed E-state index contributed by atoms with van der Waals surface area (Å²) in [5.41, 5.74) is 5.84. The molecule has 0 aromatic carbocycles. The molecule has 3 N–H and O–H groups in total. The van der Waals surface area contributed by atoms with Gasteiger partial charge in [0.25, 0.3) is 5.56 Å². The van der Waals surface area contributed by atoms with Crippen LogP contribution in [0, 0.1) is 6.92 Å². The van der Waals surface area contributed by atoms with Crippen molar-refractivity contribution < 1.29 is 4.52 Å². The summed E-state index contributed by atoms with van der Waals surface area (Å²) in [7, 11) is 0. The molecule has 0 saturated heterocycles. The minimum absolute atomic E-state index is 0.202. The average Bonchev–Trinajstić information content (AvgIpc) is 2.14. The number of aromatic nitrogens is 1. The minimum atomic E-state index is -0.223. The van der Waals surface area contributed by atoms with E-state index in [0.717, 1.165) is 0 Å². The Morgan fingerprint density at radius 3 is 2.50 bits per heavy atom. The highest BCUT2D eigenvalue weighted by molar-refractivity contribution is 5.13. The van der Waals surface area contributed by atoms with Crippen molar-refractivity contribution in [3.05, 3.63) is 21.7 Å². The van der Waals surface area contributed by atoms with E-state index in [0.29, 0.717) is 11.3 Å². The van der Waals surface area contributed by atoms with E-state index in [1.807, 2.05) is 0 Å². The lowest BCUT2D eigenvalue weighted by atomic mass is 10.2. The molecule has 0 amide bonds. The Hall–Kier alpha value is -1.03. The van der Waals surface area contributed by atoms with E-state index in [2.05, 4.69) is 5.16 Å². The molecule has 1 heterocycles. The number of nitrogens with two attached hydrogens (primary N) is 1. The van der Waals surface area contributed by atoms with Crippen molar-refractivity contribution in [1.29, 1.82) is 0 Å². The second-order valence-corrected chi connectivity index (χ2v) is 2.31. The number of H-pyrrole nitrogens is 1. The number of rotatable bonds is 1. The van der Waals surface area contributed by atoms with Crippen molar-refractivity contribution in [3.63, 3.8) is 0 Å². The molecule has 4 heteroatoms. The quantitative estimate of drug-likeness (QED) is 0.592. The van der Waals surface area contributed by atoms with Crippen LogP contribution in [-0.2, 0) is 0 Å². The van der Waals surface area contributed by atoms with Gasteiger partial charge in [0.05, 0.1) is 11.6 Å². The Morgan fingerprint density at radius 1 is 1.70 bits per heavy atom. The van der Waals surface area contributed by atoms with Gasteiger partial charge >= 0.3 is 0 Å². The molecule has 4 nitrogen and oxygen atoms in total. The molecule has 1 aromatic rings. The lowest BCUT2D eigenvalue weighted by Gasteiger charge is -1.97. The Morgan fingerprint density at radius 2 is 2.30 bits per heavy atom. The zero-order valence-electron chi connectivity index (χ0n) is 5.97. The molecule has 0 unspecified atom stereocenters. The van der Waals surface area contributed by atoms with Crippen LogP contribution < -0.4 is 11.3 Å². The summed E-state index contributed by atoms with van der Waals surface area (Å²) < 4.78 is 4.79. The Labute approximate surface area is 58.0 Å². The van der Waals surface area contributed by atoms with Crippen molar-refractivity contribution in [2.75, 3.05) is 0 Å². The Kier molecular flexibility index (Phi) is 1.63. The fraction of sp³-hybridized carbons (Fsp3) is 0.500.